The second-order valence-corrected chi connectivity index (χ2v) is 7.46. The number of amides is 1. The highest BCUT2D eigenvalue weighted by atomic mass is 16.5. The quantitative estimate of drug-likeness (QED) is 0.705. The summed E-state index contributed by atoms with van der Waals surface area (Å²) in [6.07, 6.45) is 1.26. The van der Waals surface area contributed by atoms with Crippen LogP contribution >= 0.6 is 0 Å². The predicted octanol–water partition coefficient (Wildman–Crippen LogP) is 3.52. The van der Waals surface area contributed by atoms with Crippen LogP contribution in [-0.2, 0) is 16.0 Å². The van der Waals surface area contributed by atoms with Gasteiger partial charge in [-0.25, -0.2) is 0 Å². The van der Waals surface area contributed by atoms with E-state index in [9.17, 15) is 4.79 Å². The molecule has 0 aliphatic carbocycles. The molecule has 5 nitrogen and oxygen atoms in total. The summed E-state index contributed by atoms with van der Waals surface area (Å²) >= 11 is 0. The van der Waals surface area contributed by atoms with Gasteiger partial charge in [-0.1, -0.05) is 42.0 Å². The van der Waals surface area contributed by atoms with Crippen LogP contribution in [0.25, 0.3) is 0 Å². The van der Waals surface area contributed by atoms with Gasteiger partial charge in [0.15, 0.2) is 0 Å². The highest BCUT2D eigenvalue weighted by molar-refractivity contribution is 5.76. The first kappa shape index (κ1) is 21.3. The molecule has 0 spiro atoms. The summed E-state index contributed by atoms with van der Waals surface area (Å²) in [7, 11) is 0. The van der Waals surface area contributed by atoms with E-state index in [1.54, 1.807) is 0 Å². The zero-order valence-electron chi connectivity index (χ0n) is 17.5. The van der Waals surface area contributed by atoms with Crippen molar-refractivity contribution >= 4 is 5.91 Å². The van der Waals surface area contributed by atoms with Gasteiger partial charge in [-0.15, -0.1) is 0 Å². The van der Waals surface area contributed by atoms with Crippen LogP contribution in [0, 0.1) is 6.92 Å². The highest BCUT2D eigenvalue weighted by Crippen LogP contribution is 2.24. The number of rotatable bonds is 9. The molecule has 0 aromatic heterocycles. The lowest BCUT2D eigenvalue weighted by molar-refractivity contribution is -0.121. The molecule has 1 fully saturated rings. The standard InChI is InChI=1S/C24H32N2O3/c1-3-29-22-11-9-21(10-12-22)23(26-14-16-28-17-15-26)18-25-24(27)13-8-20-6-4-19(2)5-7-20/h4-7,9-12,23H,3,8,13-18H2,1-2H3,(H,25,27). The molecule has 1 saturated heterocycles. The van der Waals surface area contributed by atoms with Gasteiger partial charge in [-0.05, 0) is 43.5 Å². The van der Waals surface area contributed by atoms with E-state index in [0.717, 1.165) is 38.5 Å². The predicted molar refractivity (Wildman–Crippen MR) is 115 cm³/mol. The van der Waals surface area contributed by atoms with E-state index in [4.69, 9.17) is 9.47 Å². The molecule has 1 aliphatic rings. The van der Waals surface area contributed by atoms with Crippen LogP contribution in [0.4, 0.5) is 0 Å². The molecular weight excluding hydrogens is 364 g/mol. The summed E-state index contributed by atoms with van der Waals surface area (Å²) < 4.78 is 11.1. The molecule has 1 unspecified atom stereocenters. The third kappa shape index (κ3) is 6.58. The molecular formula is C24H32N2O3. The van der Waals surface area contributed by atoms with Gasteiger partial charge >= 0.3 is 0 Å². The number of morpholine rings is 1. The molecule has 29 heavy (non-hydrogen) atoms. The van der Waals surface area contributed by atoms with Crippen LogP contribution in [0.2, 0.25) is 0 Å². The number of hydrogen-bond acceptors (Lipinski definition) is 4. The minimum atomic E-state index is 0.0924. The number of ether oxygens (including phenoxy) is 2. The number of hydrogen-bond donors (Lipinski definition) is 1. The summed E-state index contributed by atoms with van der Waals surface area (Å²) in [5.41, 5.74) is 3.62. The monoisotopic (exact) mass is 396 g/mol. The van der Waals surface area contributed by atoms with Crippen LogP contribution in [0.1, 0.15) is 36.1 Å². The third-order valence-electron chi connectivity index (χ3n) is 5.32. The van der Waals surface area contributed by atoms with E-state index in [1.165, 1.54) is 16.7 Å². The smallest absolute Gasteiger partial charge is 0.220 e. The first-order valence-electron chi connectivity index (χ1n) is 10.5. The van der Waals surface area contributed by atoms with Gasteiger partial charge in [0.25, 0.3) is 0 Å². The minimum absolute atomic E-state index is 0.0924. The van der Waals surface area contributed by atoms with Crippen LogP contribution in [-0.4, -0.2) is 50.3 Å². The molecule has 3 rings (SSSR count). The molecule has 5 heteroatoms. The van der Waals surface area contributed by atoms with Gasteiger partial charge in [-0.3, -0.25) is 9.69 Å². The summed E-state index contributed by atoms with van der Waals surface area (Å²) in [6, 6.07) is 16.7. The minimum Gasteiger partial charge on any atom is -0.494 e. The Labute approximate surface area is 174 Å². The van der Waals surface area contributed by atoms with Crippen molar-refractivity contribution in [2.24, 2.45) is 0 Å². The number of carbonyl (C=O) groups is 1. The normalized spacial score (nSPS) is 15.7. The molecule has 0 bridgehead atoms. The molecule has 1 amide bonds. The van der Waals surface area contributed by atoms with Gasteiger partial charge in [0.05, 0.1) is 25.9 Å². The average molecular weight is 397 g/mol. The molecule has 0 saturated carbocycles. The van der Waals surface area contributed by atoms with Crippen molar-refractivity contribution in [2.45, 2.75) is 32.7 Å². The van der Waals surface area contributed by atoms with Crippen molar-refractivity contribution in [3.63, 3.8) is 0 Å². The summed E-state index contributed by atoms with van der Waals surface area (Å²) in [4.78, 5) is 14.9. The second kappa shape index (κ2) is 11.0. The topological polar surface area (TPSA) is 50.8 Å². The van der Waals surface area contributed by atoms with E-state index in [0.29, 0.717) is 19.6 Å². The zero-order chi connectivity index (χ0) is 20.5. The van der Waals surface area contributed by atoms with Crippen LogP contribution < -0.4 is 10.1 Å². The van der Waals surface area contributed by atoms with Crippen molar-refractivity contribution in [2.75, 3.05) is 39.5 Å². The Morgan fingerprint density at radius 3 is 2.45 bits per heavy atom. The van der Waals surface area contributed by atoms with Crippen molar-refractivity contribution in [1.29, 1.82) is 0 Å². The van der Waals surface area contributed by atoms with E-state index in [2.05, 4.69) is 53.5 Å². The molecule has 2 aromatic rings. The Balaban J connectivity index is 1.58. The Kier molecular flexibility index (Phi) is 8.08. The summed E-state index contributed by atoms with van der Waals surface area (Å²) in [6.45, 7) is 8.52. The first-order valence-corrected chi connectivity index (χ1v) is 10.5. The van der Waals surface area contributed by atoms with E-state index in [1.807, 2.05) is 19.1 Å². The van der Waals surface area contributed by atoms with Gasteiger partial charge in [0.1, 0.15) is 5.75 Å². The lowest BCUT2D eigenvalue weighted by Crippen LogP contribution is -2.43. The van der Waals surface area contributed by atoms with Crippen molar-refractivity contribution in [3.05, 3.63) is 65.2 Å². The van der Waals surface area contributed by atoms with Crippen molar-refractivity contribution in [3.8, 4) is 5.75 Å². The largest absolute Gasteiger partial charge is 0.494 e. The number of nitrogens with one attached hydrogen (secondary N) is 1. The van der Waals surface area contributed by atoms with Crippen LogP contribution in [0.3, 0.4) is 0 Å². The number of nitrogens with zero attached hydrogens (tertiary/aromatic N) is 1. The Bertz CT molecular complexity index is 753. The van der Waals surface area contributed by atoms with E-state index < -0.39 is 0 Å². The summed E-state index contributed by atoms with van der Waals surface area (Å²) in [5.74, 6) is 0.967. The SMILES string of the molecule is CCOc1ccc(C(CNC(=O)CCc2ccc(C)cc2)N2CCOCC2)cc1. The molecule has 1 atom stereocenters. The fraction of sp³-hybridized carbons (Fsp3) is 0.458. The second-order valence-electron chi connectivity index (χ2n) is 7.46. The lowest BCUT2D eigenvalue weighted by atomic mass is 10.0. The molecule has 2 aromatic carbocycles. The van der Waals surface area contributed by atoms with Crippen molar-refractivity contribution < 1.29 is 14.3 Å². The maximum atomic E-state index is 12.5. The maximum absolute atomic E-state index is 12.5. The fourth-order valence-electron chi connectivity index (χ4n) is 3.61. The molecule has 1 N–H and O–H groups in total. The van der Waals surface area contributed by atoms with Crippen LogP contribution in [0.5, 0.6) is 5.75 Å². The average Bonchev–Trinajstić information content (AvgIpc) is 2.75. The molecule has 0 radical (unpaired) electrons. The van der Waals surface area contributed by atoms with E-state index >= 15 is 0 Å². The number of aryl methyl sites for hydroxylation is 2. The Morgan fingerprint density at radius 2 is 1.79 bits per heavy atom. The number of benzene rings is 2. The molecule has 156 valence electrons. The maximum Gasteiger partial charge on any atom is 0.220 e. The summed E-state index contributed by atoms with van der Waals surface area (Å²) in [5, 5.41) is 3.15. The molecule has 1 heterocycles. The van der Waals surface area contributed by atoms with Gasteiger partial charge in [-0.2, -0.15) is 0 Å². The van der Waals surface area contributed by atoms with E-state index in [-0.39, 0.29) is 11.9 Å². The Morgan fingerprint density at radius 1 is 1.10 bits per heavy atom. The first-order chi connectivity index (χ1) is 14.2. The number of carbonyl (C=O) groups excluding carboxylic acids is 1. The van der Waals surface area contributed by atoms with Gasteiger partial charge in [0, 0.05) is 26.1 Å². The Hall–Kier alpha value is -2.37. The fourth-order valence-corrected chi connectivity index (χ4v) is 3.61. The zero-order valence-corrected chi connectivity index (χ0v) is 17.5. The third-order valence-corrected chi connectivity index (χ3v) is 5.32. The van der Waals surface area contributed by atoms with Gasteiger partial charge < -0.3 is 14.8 Å². The lowest BCUT2D eigenvalue weighted by Gasteiger charge is -2.35. The van der Waals surface area contributed by atoms with Crippen molar-refractivity contribution in [1.82, 2.24) is 10.2 Å². The van der Waals surface area contributed by atoms with Gasteiger partial charge in [0.2, 0.25) is 5.91 Å². The van der Waals surface area contributed by atoms with Crippen LogP contribution in [0.15, 0.2) is 48.5 Å². The molecule has 1 aliphatic heterocycles. The highest BCUT2D eigenvalue weighted by Gasteiger charge is 2.23.